The van der Waals surface area contributed by atoms with E-state index in [1.165, 1.54) is 4.70 Å². The van der Waals surface area contributed by atoms with Gasteiger partial charge in [-0.05, 0) is 44.2 Å². The van der Waals surface area contributed by atoms with Crippen LogP contribution in [-0.2, 0) is 0 Å². The van der Waals surface area contributed by atoms with Crippen molar-refractivity contribution in [3.8, 4) is 22.1 Å². The van der Waals surface area contributed by atoms with Gasteiger partial charge in [-0.25, -0.2) is 4.98 Å². The van der Waals surface area contributed by atoms with Crippen molar-refractivity contribution in [2.75, 3.05) is 7.11 Å². The van der Waals surface area contributed by atoms with Crippen LogP contribution in [0.25, 0.3) is 20.8 Å². The highest BCUT2D eigenvalue weighted by Crippen LogP contribution is 2.36. The minimum absolute atomic E-state index is 0.639. The first-order chi connectivity index (χ1) is 11.1. The van der Waals surface area contributed by atoms with Gasteiger partial charge in [0.25, 0.3) is 0 Å². The molecule has 1 aromatic heterocycles. The van der Waals surface area contributed by atoms with Gasteiger partial charge in [0.1, 0.15) is 10.8 Å². The first-order valence-electron chi connectivity index (χ1n) is 7.23. The Bertz CT molecular complexity index is 847. The SMILES string of the molecule is COc1cc(-c2nc3ccccc3s2)ccc1O/C(C)=C(/C)N. The number of hydrogen-bond donors (Lipinski definition) is 1. The lowest BCUT2D eigenvalue weighted by Gasteiger charge is -2.12. The maximum atomic E-state index is 5.76. The Hall–Kier alpha value is -2.53. The van der Waals surface area contributed by atoms with E-state index in [9.17, 15) is 0 Å². The lowest BCUT2D eigenvalue weighted by molar-refractivity contribution is 0.359. The molecule has 23 heavy (non-hydrogen) atoms. The normalized spacial score (nSPS) is 12.1. The number of fused-ring (bicyclic) bond motifs is 1. The quantitative estimate of drug-likeness (QED) is 0.714. The van der Waals surface area contributed by atoms with E-state index in [0.717, 1.165) is 16.1 Å². The molecule has 0 aliphatic rings. The second-order valence-electron chi connectivity index (χ2n) is 5.19. The number of hydrogen-bond acceptors (Lipinski definition) is 5. The van der Waals surface area contributed by atoms with Crippen LogP contribution >= 0.6 is 11.3 Å². The highest BCUT2D eigenvalue weighted by molar-refractivity contribution is 7.21. The van der Waals surface area contributed by atoms with Gasteiger partial charge in [-0.15, -0.1) is 11.3 Å². The van der Waals surface area contributed by atoms with E-state index >= 15 is 0 Å². The van der Waals surface area contributed by atoms with Crippen LogP contribution < -0.4 is 15.2 Å². The number of rotatable bonds is 4. The Morgan fingerprint density at radius 3 is 2.57 bits per heavy atom. The fourth-order valence-corrected chi connectivity index (χ4v) is 3.09. The van der Waals surface area contributed by atoms with Crippen LogP contribution in [0.3, 0.4) is 0 Å². The van der Waals surface area contributed by atoms with E-state index in [1.807, 2.05) is 43.3 Å². The van der Waals surface area contributed by atoms with Crippen molar-refractivity contribution in [1.29, 1.82) is 0 Å². The van der Waals surface area contributed by atoms with E-state index in [0.29, 0.717) is 23.0 Å². The summed E-state index contributed by atoms with van der Waals surface area (Å²) in [6.45, 7) is 3.63. The Morgan fingerprint density at radius 2 is 1.87 bits per heavy atom. The third-order valence-corrected chi connectivity index (χ3v) is 4.61. The van der Waals surface area contributed by atoms with Gasteiger partial charge in [0, 0.05) is 11.3 Å². The second kappa shape index (κ2) is 6.30. The van der Waals surface area contributed by atoms with Gasteiger partial charge in [-0.2, -0.15) is 0 Å². The van der Waals surface area contributed by atoms with E-state index in [2.05, 4.69) is 11.1 Å². The van der Waals surface area contributed by atoms with Crippen molar-refractivity contribution >= 4 is 21.6 Å². The number of allylic oxidation sites excluding steroid dienone is 2. The van der Waals surface area contributed by atoms with E-state index < -0.39 is 0 Å². The minimum atomic E-state index is 0.639. The standard InChI is InChI=1S/C18H18N2O2S/c1-11(19)12(2)22-15-9-8-13(10-16(15)21-3)18-20-14-6-4-5-7-17(14)23-18/h4-10H,19H2,1-3H3/b12-11-. The number of benzene rings is 2. The number of nitrogens with zero attached hydrogens (tertiary/aromatic N) is 1. The smallest absolute Gasteiger partial charge is 0.168 e. The first kappa shape index (κ1) is 15.4. The number of aromatic nitrogens is 1. The second-order valence-corrected chi connectivity index (χ2v) is 6.22. The van der Waals surface area contributed by atoms with Gasteiger partial charge in [-0.3, -0.25) is 0 Å². The van der Waals surface area contributed by atoms with Crippen LogP contribution in [-0.4, -0.2) is 12.1 Å². The van der Waals surface area contributed by atoms with E-state index in [-0.39, 0.29) is 0 Å². The molecule has 5 heteroatoms. The third kappa shape index (κ3) is 3.14. The monoisotopic (exact) mass is 326 g/mol. The van der Waals surface area contributed by atoms with Crippen LogP contribution in [0.1, 0.15) is 13.8 Å². The molecule has 1 heterocycles. The average Bonchev–Trinajstić information content (AvgIpc) is 2.99. The molecule has 4 nitrogen and oxygen atoms in total. The van der Waals surface area contributed by atoms with Crippen LogP contribution in [0.5, 0.6) is 11.5 Å². The van der Waals surface area contributed by atoms with Crippen molar-refractivity contribution in [3.05, 3.63) is 53.9 Å². The number of methoxy groups -OCH3 is 1. The number of thiazole rings is 1. The summed E-state index contributed by atoms with van der Waals surface area (Å²) in [6, 6.07) is 13.9. The summed E-state index contributed by atoms with van der Waals surface area (Å²) < 4.78 is 12.4. The minimum Gasteiger partial charge on any atom is -0.493 e. The predicted octanol–water partition coefficient (Wildman–Crippen LogP) is 4.56. The average molecular weight is 326 g/mol. The van der Waals surface area contributed by atoms with Crippen molar-refractivity contribution in [2.45, 2.75) is 13.8 Å². The molecule has 0 aliphatic carbocycles. The summed E-state index contributed by atoms with van der Waals surface area (Å²) >= 11 is 1.66. The molecule has 0 amide bonds. The molecule has 0 saturated heterocycles. The molecule has 3 rings (SSSR count). The van der Waals surface area contributed by atoms with Crippen molar-refractivity contribution < 1.29 is 9.47 Å². The molecule has 2 N–H and O–H groups in total. The molecule has 0 saturated carbocycles. The lowest BCUT2D eigenvalue weighted by atomic mass is 10.2. The zero-order valence-electron chi connectivity index (χ0n) is 13.3. The van der Waals surface area contributed by atoms with Crippen molar-refractivity contribution in [1.82, 2.24) is 4.98 Å². The summed E-state index contributed by atoms with van der Waals surface area (Å²) in [4.78, 5) is 4.67. The molecular formula is C18H18N2O2S. The fraction of sp³-hybridized carbons (Fsp3) is 0.167. The Labute approximate surface area is 139 Å². The summed E-state index contributed by atoms with van der Waals surface area (Å²) in [7, 11) is 1.62. The zero-order chi connectivity index (χ0) is 16.4. The Kier molecular flexibility index (Phi) is 4.21. The first-order valence-corrected chi connectivity index (χ1v) is 8.05. The van der Waals surface area contributed by atoms with Crippen molar-refractivity contribution in [2.24, 2.45) is 5.73 Å². The third-order valence-electron chi connectivity index (χ3n) is 3.52. The molecule has 0 atom stereocenters. The molecule has 2 aromatic carbocycles. The van der Waals surface area contributed by atoms with E-state index in [4.69, 9.17) is 15.2 Å². The highest BCUT2D eigenvalue weighted by atomic mass is 32.1. The maximum absolute atomic E-state index is 5.76. The summed E-state index contributed by atoms with van der Waals surface area (Å²) in [5.74, 6) is 1.96. The van der Waals surface area contributed by atoms with Crippen LogP contribution in [0, 0.1) is 0 Å². The summed E-state index contributed by atoms with van der Waals surface area (Å²) in [5, 5.41) is 0.957. The number of para-hydroxylation sites is 1. The topological polar surface area (TPSA) is 57.4 Å². The Morgan fingerprint density at radius 1 is 1.09 bits per heavy atom. The molecule has 0 fully saturated rings. The molecule has 0 bridgehead atoms. The molecular weight excluding hydrogens is 308 g/mol. The largest absolute Gasteiger partial charge is 0.493 e. The van der Waals surface area contributed by atoms with Crippen LogP contribution in [0.15, 0.2) is 53.9 Å². The van der Waals surface area contributed by atoms with Gasteiger partial charge >= 0.3 is 0 Å². The molecule has 0 spiro atoms. The number of ether oxygens (including phenoxy) is 2. The Balaban J connectivity index is 1.99. The van der Waals surface area contributed by atoms with Gasteiger partial charge < -0.3 is 15.2 Å². The van der Waals surface area contributed by atoms with Gasteiger partial charge in [0.15, 0.2) is 11.5 Å². The summed E-state index contributed by atoms with van der Waals surface area (Å²) in [6.07, 6.45) is 0. The van der Waals surface area contributed by atoms with Crippen LogP contribution in [0.4, 0.5) is 0 Å². The molecule has 0 unspecified atom stereocenters. The van der Waals surface area contributed by atoms with Crippen LogP contribution in [0.2, 0.25) is 0 Å². The van der Waals surface area contributed by atoms with Gasteiger partial charge in [0.05, 0.1) is 17.3 Å². The summed E-state index contributed by atoms with van der Waals surface area (Å²) in [5.41, 5.74) is 8.39. The molecule has 0 radical (unpaired) electrons. The molecule has 0 aliphatic heterocycles. The highest BCUT2D eigenvalue weighted by Gasteiger charge is 2.11. The lowest BCUT2D eigenvalue weighted by Crippen LogP contribution is -2.02. The van der Waals surface area contributed by atoms with Gasteiger partial charge in [0.2, 0.25) is 0 Å². The molecule has 3 aromatic rings. The van der Waals surface area contributed by atoms with Crippen molar-refractivity contribution in [3.63, 3.8) is 0 Å². The fourth-order valence-electron chi connectivity index (χ4n) is 2.13. The maximum Gasteiger partial charge on any atom is 0.168 e. The van der Waals surface area contributed by atoms with E-state index in [1.54, 1.807) is 25.4 Å². The predicted molar refractivity (Wildman–Crippen MR) is 94.8 cm³/mol. The molecule has 118 valence electrons. The van der Waals surface area contributed by atoms with Gasteiger partial charge in [-0.1, -0.05) is 12.1 Å². The zero-order valence-corrected chi connectivity index (χ0v) is 14.1. The number of nitrogens with two attached hydrogens (primary N) is 1.